The van der Waals surface area contributed by atoms with Crippen LogP contribution in [0.25, 0.3) is 0 Å². The van der Waals surface area contributed by atoms with Crippen LogP contribution >= 0.6 is 0 Å². The first kappa shape index (κ1) is 13.5. The van der Waals surface area contributed by atoms with E-state index in [-0.39, 0.29) is 17.6 Å². The van der Waals surface area contributed by atoms with E-state index in [1.807, 2.05) is 0 Å². The minimum atomic E-state index is -1.82. The molecule has 0 aromatic heterocycles. The summed E-state index contributed by atoms with van der Waals surface area (Å²) in [6, 6.07) is 4.06. The van der Waals surface area contributed by atoms with Crippen LogP contribution in [0.5, 0.6) is 5.75 Å². The number of carbonyl (C=O) groups is 1. The Morgan fingerprint density at radius 2 is 2.06 bits per heavy atom. The van der Waals surface area contributed by atoms with Crippen molar-refractivity contribution in [3.8, 4) is 5.75 Å². The van der Waals surface area contributed by atoms with Gasteiger partial charge in [0.1, 0.15) is 11.3 Å². The zero-order chi connectivity index (χ0) is 13.2. The van der Waals surface area contributed by atoms with Gasteiger partial charge in [-0.2, -0.15) is 0 Å². The largest absolute Gasteiger partial charge is 0.508 e. The zero-order valence-electron chi connectivity index (χ0n) is 9.29. The van der Waals surface area contributed by atoms with Crippen molar-refractivity contribution in [3.63, 3.8) is 0 Å². The van der Waals surface area contributed by atoms with E-state index in [1.54, 1.807) is 0 Å². The summed E-state index contributed by atoms with van der Waals surface area (Å²) in [4.78, 5) is 10.8. The van der Waals surface area contributed by atoms with Gasteiger partial charge in [0.2, 0.25) is 0 Å². The van der Waals surface area contributed by atoms with E-state index in [0.29, 0.717) is 5.56 Å². The van der Waals surface area contributed by atoms with Gasteiger partial charge >= 0.3 is 13.1 Å². The molecule has 92 valence electrons. The van der Waals surface area contributed by atoms with E-state index >= 15 is 0 Å². The highest BCUT2D eigenvalue weighted by atomic mass is 16.4. The fourth-order valence-corrected chi connectivity index (χ4v) is 1.42. The van der Waals surface area contributed by atoms with Crippen LogP contribution in [0.4, 0.5) is 0 Å². The number of hydrogen-bond acceptors (Lipinski definition) is 5. The smallest absolute Gasteiger partial charge is 0.492 e. The molecule has 0 heterocycles. The van der Waals surface area contributed by atoms with Crippen LogP contribution in [0.3, 0.4) is 0 Å². The molecule has 6 N–H and O–H groups in total. The number of hydrogen-bond donors (Lipinski definition) is 5. The van der Waals surface area contributed by atoms with Gasteiger partial charge in [-0.3, -0.25) is 4.79 Å². The molecular formula is C10H14BNO5. The molecule has 1 atom stereocenters. The Balaban J connectivity index is 3.01. The highest BCUT2D eigenvalue weighted by molar-refractivity contribution is 6.59. The van der Waals surface area contributed by atoms with Gasteiger partial charge < -0.3 is 26.0 Å². The third kappa shape index (κ3) is 3.19. The second-order valence-electron chi connectivity index (χ2n) is 4.17. The third-order valence-electron chi connectivity index (χ3n) is 2.43. The first-order valence-electron chi connectivity index (χ1n) is 4.94. The number of carboxylic acids is 1. The standard InChI is InChI=1S/C10H14BNO5/c1-10(12,9(14)15)5-6-2-3-8(13)7(4-6)11(16)17/h2-4,13,16-17H,5,12H2,1H3,(H,14,15)/t10-/m0/s1. The molecule has 0 aliphatic heterocycles. The second kappa shape index (κ2) is 4.74. The Bertz CT molecular complexity index is 433. The highest BCUT2D eigenvalue weighted by Crippen LogP contribution is 2.14. The number of phenols is 1. The monoisotopic (exact) mass is 239 g/mol. The molecule has 0 fully saturated rings. The van der Waals surface area contributed by atoms with Crippen LogP contribution in [0.15, 0.2) is 18.2 Å². The van der Waals surface area contributed by atoms with Crippen molar-refractivity contribution in [3.05, 3.63) is 23.8 Å². The summed E-state index contributed by atoms with van der Waals surface area (Å²) in [5.41, 5.74) is 4.54. The van der Waals surface area contributed by atoms with Crippen LogP contribution in [0, 0.1) is 0 Å². The van der Waals surface area contributed by atoms with Crippen molar-refractivity contribution >= 4 is 18.6 Å². The normalized spacial score (nSPS) is 14.1. The predicted molar refractivity (Wildman–Crippen MR) is 61.9 cm³/mol. The molecule has 0 spiro atoms. The summed E-state index contributed by atoms with van der Waals surface area (Å²) in [7, 11) is -1.82. The lowest BCUT2D eigenvalue weighted by Gasteiger charge is -2.19. The second-order valence-corrected chi connectivity index (χ2v) is 4.17. The van der Waals surface area contributed by atoms with Crippen LogP contribution in [-0.2, 0) is 11.2 Å². The van der Waals surface area contributed by atoms with Gasteiger partial charge in [0.25, 0.3) is 0 Å². The summed E-state index contributed by atoms with van der Waals surface area (Å²) >= 11 is 0. The SMILES string of the molecule is C[C@](N)(Cc1ccc(O)c(B(O)O)c1)C(=O)O. The Hall–Kier alpha value is -1.57. The maximum absolute atomic E-state index is 10.8. The van der Waals surface area contributed by atoms with Gasteiger partial charge in [0.15, 0.2) is 0 Å². The predicted octanol–water partition coefficient (Wildman–Crippen LogP) is -1.58. The van der Waals surface area contributed by atoms with E-state index in [2.05, 4.69) is 0 Å². The molecule has 1 aromatic rings. The maximum Gasteiger partial charge on any atom is 0.492 e. The number of rotatable bonds is 4. The summed E-state index contributed by atoms with van der Waals surface area (Å²) in [6.07, 6.45) is 0.0162. The Morgan fingerprint density at radius 1 is 1.47 bits per heavy atom. The molecular weight excluding hydrogens is 225 g/mol. The Morgan fingerprint density at radius 3 is 2.53 bits per heavy atom. The van der Waals surface area contributed by atoms with Crippen molar-refractivity contribution in [2.75, 3.05) is 0 Å². The van der Waals surface area contributed by atoms with Crippen LogP contribution < -0.4 is 11.2 Å². The Labute approximate surface area is 98.5 Å². The molecule has 0 radical (unpaired) electrons. The Kier molecular flexibility index (Phi) is 3.77. The third-order valence-corrected chi connectivity index (χ3v) is 2.43. The molecule has 6 nitrogen and oxygen atoms in total. The van der Waals surface area contributed by atoms with Crippen molar-refractivity contribution in [2.24, 2.45) is 5.73 Å². The van der Waals surface area contributed by atoms with E-state index in [0.717, 1.165) is 0 Å². The van der Waals surface area contributed by atoms with Gasteiger partial charge in [0, 0.05) is 11.9 Å². The van der Waals surface area contributed by atoms with Crippen molar-refractivity contribution in [1.29, 1.82) is 0 Å². The van der Waals surface area contributed by atoms with Crippen LogP contribution in [-0.4, -0.2) is 38.9 Å². The zero-order valence-corrected chi connectivity index (χ0v) is 9.29. The van der Waals surface area contributed by atoms with Crippen molar-refractivity contribution in [1.82, 2.24) is 0 Å². The average Bonchev–Trinajstić information content (AvgIpc) is 2.20. The summed E-state index contributed by atoms with van der Waals surface area (Å²) in [5.74, 6) is -1.42. The van der Waals surface area contributed by atoms with Gasteiger partial charge in [-0.05, 0) is 18.6 Å². The van der Waals surface area contributed by atoms with Gasteiger partial charge in [-0.25, -0.2) is 0 Å². The van der Waals surface area contributed by atoms with Crippen molar-refractivity contribution in [2.45, 2.75) is 18.9 Å². The topological polar surface area (TPSA) is 124 Å². The van der Waals surface area contributed by atoms with E-state index in [9.17, 15) is 9.90 Å². The van der Waals surface area contributed by atoms with Gasteiger partial charge in [-0.1, -0.05) is 12.1 Å². The number of carboxylic acid groups (broad SMARTS) is 1. The molecule has 0 unspecified atom stereocenters. The highest BCUT2D eigenvalue weighted by Gasteiger charge is 2.28. The van der Waals surface area contributed by atoms with E-state index < -0.39 is 18.6 Å². The van der Waals surface area contributed by atoms with E-state index in [1.165, 1.54) is 25.1 Å². The average molecular weight is 239 g/mol. The summed E-state index contributed by atoms with van der Waals surface area (Å²) in [5, 5.41) is 36.2. The molecule has 0 amide bonds. The lowest BCUT2D eigenvalue weighted by Crippen LogP contribution is -2.47. The molecule has 0 bridgehead atoms. The molecule has 17 heavy (non-hydrogen) atoms. The van der Waals surface area contributed by atoms with Gasteiger partial charge in [-0.15, -0.1) is 0 Å². The quantitative estimate of drug-likeness (QED) is 0.404. The lowest BCUT2D eigenvalue weighted by molar-refractivity contribution is -0.142. The van der Waals surface area contributed by atoms with E-state index in [4.69, 9.17) is 20.9 Å². The summed E-state index contributed by atoms with van der Waals surface area (Å²) < 4.78 is 0. The maximum atomic E-state index is 10.8. The first-order valence-corrected chi connectivity index (χ1v) is 4.94. The molecule has 0 aliphatic carbocycles. The minimum absolute atomic E-state index is 0.0162. The molecule has 1 rings (SSSR count). The minimum Gasteiger partial charge on any atom is -0.508 e. The molecule has 1 aromatic carbocycles. The lowest BCUT2D eigenvalue weighted by atomic mass is 9.78. The van der Waals surface area contributed by atoms with Crippen LogP contribution in [0.1, 0.15) is 12.5 Å². The molecule has 0 saturated carbocycles. The number of nitrogens with two attached hydrogens (primary N) is 1. The fourth-order valence-electron chi connectivity index (χ4n) is 1.42. The number of aliphatic carboxylic acids is 1. The molecule has 0 saturated heterocycles. The molecule has 0 aliphatic rings. The summed E-state index contributed by atoms with van der Waals surface area (Å²) in [6.45, 7) is 1.36. The number of aromatic hydroxyl groups is 1. The fraction of sp³-hybridized carbons (Fsp3) is 0.300. The van der Waals surface area contributed by atoms with Crippen LogP contribution in [0.2, 0.25) is 0 Å². The van der Waals surface area contributed by atoms with Crippen molar-refractivity contribution < 1.29 is 25.1 Å². The molecule has 7 heteroatoms. The first-order chi connectivity index (χ1) is 7.74. The number of phenolic OH excluding ortho intramolecular Hbond substituents is 1. The number of benzene rings is 1. The van der Waals surface area contributed by atoms with Gasteiger partial charge in [0.05, 0.1) is 0 Å².